The Bertz CT molecular complexity index is 321. The van der Waals surface area contributed by atoms with Crippen LogP contribution < -0.4 is 11.1 Å². The predicted molar refractivity (Wildman–Crippen MR) is 57.1 cm³/mol. The largest absolute Gasteiger partial charge is 0.394 e. The molecule has 1 heterocycles. The molecule has 1 rings (SSSR count). The summed E-state index contributed by atoms with van der Waals surface area (Å²) >= 11 is 0. The highest BCUT2D eigenvalue weighted by atomic mass is 16.6. The summed E-state index contributed by atoms with van der Waals surface area (Å²) in [5.74, 6) is -0.171. The number of nitrogens with two attached hydrogens (primary N) is 1. The van der Waals surface area contributed by atoms with Crippen molar-refractivity contribution in [3.05, 3.63) is 0 Å². The zero-order valence-electron chi connectivity index (χ0n) is 8.80. The van der Waals surface area contributed by atoms with E-state index in [-0.39, 0.29) is 5.96 Å². The second-order valence-electron chi connectivity index (χ2n) is 3.27. The molecule has 2 unspecified atom stereocenters. The Hall–Kier alpha value is -1.55. The number of aliphatic imine (C=N–C) groups is 2. The molecular weight excluding hydrogens is 232 g/mol. The molecule has 17 heavy (non-hydrogen) atoms. The van der Waals surface area contributed by atoms with E-state index in [4.69, 9.17) is 15.6 Å². The van der Waals surface area contributed by atoms with Crippen LogP contribution in [-0.4, -0.2) is 65.2 Å². The zero-order chi connectivity index (χ0) is 12.8. The van der Waals surface area contributed by atoms with Crippen LogP contribution in [0, 0.1) is 0 Å². The Morgan fingerprint density at radius 2 is 2.18 bits per heavy atom. The first kappa shape index (κ1) is 13.5. The van der Waals surface area contributed by atoms with Gasteiger partial charge in [-0.2, -0.15) is 0 Å². The zero-order valence-corrected chi connectivity index (χ0v) is 8.80. The summed E-state index contributed by atoms with van der Waals surface area (Å²) in [5.41, 5.74) is 5.21. The fraction of sp³-hybridized carbons (Fsp3) is 0.625. The number of carbonyl (C=O) groups excluding carboxylic acids is 1. The van der Waals surface area contributed by atoms with E-state index in [9.17, 15) is 15.0 Å². The SMILES string of the molecule is NC(=NC=NC1O[C@H](CO)[C@H](O)C1O)NC=O. The highest BCUT2D eigenvalue weighted by Crippen LogP contribution is 2.21. The highest BCUT2D eigenvalue weighted by Gasteiger charge is 2.41. The number of carbonyl (C=O) groups is 1. The Kier molecular flexibility index (Phi) is 4.97. The lowest BCUT2D eigenvalue weighted by atomic mass is 10.1. The quantitative estimate of drug-likeness (QED) is 0.197. The number of nitrogens with one attached hydrogen (secondary N) is 1. The number of aliphatic hydroxyl groups is 3. The molecule has 96 valence electrons. The summed E-state index contributed by atoms with van der Waals surface area (Å²) in [6.07, 6.45) is -3.06. The highest BCUT2D eigenvalue weighted by molar-refractivity contribution is 5.91. The fourth-order valence-electron chi connectivity index (χ4n) is 1.26. The van der Waals surface area contributed by atoms with Crippen LogP contribution in [0.4, 0.5) is 0 Å². The third-order valence-electron chi connectivity index (χ3n) is 2.13. The van der Waals surface area contributed by atoms with Gasteiger partial charge in [0.1, 0.15) is 24.7 Å². The second-order valence-corrected chi connectivity index (χ2v) is 3.27. The molecule has 1 saturated heterocycles. The van der Waals surface area contributed by atoms with E-state index in [1.165, 1.54) is 0 Å². The van der Waals surface area contributed by atoms with Crippen molar-refractivity contribution in [3.63, 3.8) is 0 Å². The molecule has 0 spiro atoms. The summed E-state index contributed by atoms with van der Waals surface area (Å²) in [5, 5.41) is 29.8. The molecular formula is C8H14N4O5. The topological polar surface area (TPSA) is 150 Å². The van der Waals surface area contributed by atoms with Gasteiger partial charge >= 0.3 is 0 Å². The molecule has 0 bridgehead atoms. The number of nitrogens with zero attached hydrogens (tertiary/aromatic N) is 2. The van der Waals surface area contributed by atoms with Crippen molar-refractivity contribution in [1.82, 2.24) is 5.32 Å². The maximum Gasteiger partial charge on any atom is 0.213 e. The van der Waals surface area contributed by atoms with Gasteiger partial charge in [0.25, 0.3) is 0 Å². The van der Waals surface area contributed by atoms with Crippen LogP contribution in [0.25, 0.3) is 0 Å². The lowest BCUT2D eigenvalue weighted by Gasteiger charge is -2.09. The van der Waals surface area contributed by atoms with Crippen molar-refractivity contribution in [3.8, 4) is 0 Å². The number of guanidine groups is 1. The molecule has 0 aromatic carbocycles. The second kappa shape index (κ2) is 6.25. The fourth-order valence-corrected chi connectivity index (χ4v) is 1.26. The summed E-state index contributed by atoms with van der Waals surface area (Å²) in [4.78, 5) is 17.2. The number of hydrogen-bond donors (Lipinski definition) is 5. The van der Waals surface area contributed by atoms with Crippen LogP contribution >= 0.6 is 0 Å². The average molecular weight is 246 g/mol. The molecule has 0 radical (unpaired) electrons. The number of amides is 1. The number of hydrogen-bond acceptors (Lipinski definition) is 6. The lowest BCUT2D eigenvalue weighted by Crippen LogP contribution is -2.33. The van der Waals surface area contributed by atoms with Gasteiger partial charge in [-0.05, 0) is 0 Å². The molecule has 0 aromatic heterocycles. The van der Waals surface area contributed by atoms with Gasteiger partial charge in [0, 0.05) is 0 Å². The molecule has 1 amide bonds. The summed E-state index contributed by atoms with van der Waals surface area (Å²) in [6, 6.07) is 0. The van der Waals surface area contributed by atoms with Crippen LogP contribution in [-0.2, 0) is 9.53 Å². The van der Waals surface area contributed by atoms with Crippen molar-refractivity contribution >= 4 is 18.7 Å². The minimum absolute atomic E-state index is 0.171. The first-order valence-electron chi connectivity index (χ1n) is 4.77. The van der Waals surface area contributed by atoms with E-state index in [0.29, 0.717) is 6.41 Å². The maximum atomic E-state index is 9.97. The minimum atomic E-state index is -1.25. The van der Waals surface area contributed by atoms with Crippen LogP contribution in [0.15, 0.2) is 9.98 Å². The Morgan fingerprint density at radius 3 is 2.71 bits per heavy atom. The summed E-state index contributed by atoms with van der Waals surface area (Å²) < 4.78 is 5.03. The van der Waals surface area contributed by atoms with Gasteiger partial charge in [0.2, 0.25) is 12.4 Å². The summed E-state index contributed by atoms with van der Waals surface area (Å²) in [7, 11) is 0. The monoisotopic (exact) mass is 246 g/mol. The van der Waals surface area contributed by atoms with E-state index >= 15 is 0 Å². The predicted octanol–water partition coefficient (Wildman–Crippen LogP) is -3.49. The Balaban J connectivity index is 2.55. The average Bonchev–Trinajstić information content (AvgIpc) is 2.57. The number of rotatable bonds is 4. The minimum Gasteiger partial charge on any atom is -0.394 e. The molecule has 1 aliphatic rings. The normalized spacial score (nSPS) is 34.2. The van der Waals surface area contributed by atoms with Crippen molar-refractivity contribution in [1.29, 1.82) is 0 Å². The van der Waals surface area contributed by atoms with Crippen LogP contribution in [0.2, 0.25) is 0 Å². The van der Waals surface area contributed by atoms with Gasteiger partial charge in [-0.3, -0.25) is 10.1 Å². The van der Waals surface area contributed by atoms with Crippen molar-refractivity contribution in [2.75, 3.05) is 6.61 Å². The molecule has 6 N–H and O–H groups in total. The Labute approximate surface area is 96.6 Å². The van der Waals surface area contributed by atoms with E-state index in [2.05, 4.69) is 15.3 Å². The van der Waals surface area contributed by atoms with Gasteiger partial charge in [-0.15, -0.1) is 0 Å². The molecule has 9 heteroatoms. The van der Waals surface area contributed by atoms with E-state index in [1.54, 1.807) is 0 Å². The van der Waals surface area contributed by atoms with E-state index in [0.717, 1.165) is 6.34 Å². The van der Waals surface area contributed by atoms with Crippen LogP contribution in [0.1, 0.15) is 0 Å². The van der Waals surface area contributed by atoms with Crippen molar-refractivity contribution in [2.45, 2.75) is 24.5 Å². The van der Waals surface area contributed by atoms with Gasteiger partial charge in [0.05, 0.1) is 6.61 Å². The molecule has 4 atom stereocenters. The number of ether oxygens (including phenoxy) is 1. The van der Waals surface area contributed by atoms with Crippen molar-refractivity contribution in [2.24, 2.45) is 15.7 Å². The van der Waals surface area contributed by atoms with Crippen LogP contribution in [0.5, 0.6) is 0 Å². The molecule has 1 fully saturated rings. The third-order valence-corrected chi connectivity index (χ3v) is 2.13. The first-order chi connectivity index (χ1) is 8.10. The standard InChI is InChI=1S/C8H14N4O5/c9-8(12-3-14)11-2-10-7-6(16)5(15)4(1-13)17-7/h2-7,13,15-16H,1H2,(H3,9,10,11,12,14)/t4-,5+,6?,7?/m1/s1. The molecule has 0 aliphatic carbocycles. The van der Waals surface area contributed by atoms with Gasteiger partial charge < -0.3 is 25.8 Å². The van der Waals surface area contributed by atoms with Gasteiger partial charge in [0.15, 0.2) is 6.23 Å². The Morgan fingerprint density at radius 1 is 1.47 bits per heavy atom. The maximum absolute atomic E-state index is 9.97. The third kappa shape index (κ3) is 3.46. The van der Waals surface area contributed by atoms with Crippen molar-refractivity contribution < 1.29 is 24.9 Å². The van der Waals surface area contributed by atoms with Gasteiger partial charge in [-0.1, -0.05) is 0 Å². The molecule has 9 nitrogen and oxygen atoms in total. The summed E-state index contributed by atoms with van der Waals surface area (Å²) in [6.45, 7) is -0.428. The van der Waals surface area contributed by atoms with E-state index in [1.807, 2.05) is 0 Å². The van der Waals surface area contributed by atoms with E-state index < -0.39 is 31.1 Å². The van der Waals surface area contributed by atoms with Gasteiger partial charge in [-0.25, -0.2) is 9.98 Å². The molecule has 0 saturated carbocycles. The number of aliphatic hydroxyl groups excluding tert-OH is 3. The first-order valence-corrected chi connectivity index (χ1v) is 4.77. The molecule has 0 aromatic rings. The lowest BCUT2D eigenvalue weighted by molar-refractivity contribution is -0.108. The smallest absolute Gasteiger partial charge is 0.213 e. The molecule has 1 aliphatic heterocycles. The van der Waals surface area contributed by atoms with Crippen LogP contribution in [0.3, 0.4) is 0 Å².